The SMILES string of the molecule is CC(c1ccc2c(C(F)F)c(O[C@H]3CC[C@@H](C)CC3)ccc2c1)N1C2CCC1CC(C(=O)O)C2. The van der Waals surface area contributed by atoms with E-state index in [0.29, 0.717) is 29.9 Å². The molecule has 1 saturated carbocycles. The van der Waals surface area contributed by atoms with Crippen molar-refractivity contribution in [2.75, 3.05) is 0 Å². The molecule has 184 valence electrons. The van der Waals surface area contributed by atoms with Gasteiger partial charge in [-0.05, 0) is 92.7 Å². The Labute approximate surface area is 200 Å². The monoisotopic (exact) mass is 471 g/mol. The maximum atomic E-state index is 14.2. The lowest BCUT2D eigenvalue weighted by Gasteiger charge is -2.41. The highest BCUT2D eigenvalue weighted by atomic mass is 19.3. The molecule has 0 spiro atoms. The molecule has 0 radical (unpaired) electrons. The molecule has 5 rings (SSSR count). The summed E-state index contributed by atoms with van der Waals surface area (Å²) in [5, 5.41) is 10.8. The van der Waals surface area contributed by atoms with E-state index < -0.39 is 12.4 Å². The van der Waals surface area contributed by atoms with E-state index in [-0.39, 0.29) is 35.7 Å². The Kier molecular flexibility index (Phi) is 6.54. The van der Waals surface area contributed by atoms with Crippen LogP contribution in [-0.4, -0.2) is 34.2 Å². The third-order valence-electron chi connectivity index (χ3n) is 8.59. The maximum Gasteiger partial charge on any atom is 0.306 e. The maximum absolute atomic E-state index is 14.2. The van der Waals surface area contributed by atoms with E-state index in [2.05, 4.69) is 18.7 Å². The van der Waals surface area contributed by atoms with Gasteiger partial charge < -0.3 is 9.84 Å². The van der Waals surface area contributed by atoms with Gasteiger partial charge >= 0.3 is 5.97 Å². The van der Waals surface area contributed by atoms with Gasteiger partial charge in [0.1, 0.15) is 5.75 Å². The highest BCUT2D eigenvalue weighted by molar-refractivity contribution is 5.88. The summed E-state index contributed by atoms with van der Waals surface area (Å²) in [7, 11) is 0. The van der Waals surface area contributed by atoms with Crippen LogP contribution in [0.15, 0.2) is 30.3 Å². The van der Waals surface area contributed by atoms with Crippen LogP contribution in [0.5, 0.6) is 5.75 Å². The zero-order valence-electron chi connectivity index (χ0n) is 20.1. The van der Waals surface area contributed by atoms with Gasteiger partial charge in [0, 0.05) is 18.1 Å². The molecule has 2 aromatic rings. The number of hydrogen-bond donors (Lipinski definition) is 1. The highest BCUT2D eigenvalue weighted by Crippen LogP contribution is 2.45. The number of benzene rings is 2. The fraction of sp³-hybridized carbons (Fsp3) is 0.607. The molecule has 0 aromatic heterocycles. The molecular formula is C28H35F2NO3. The number of aliphatic carboxylic acids is 1. The molecule has 2 saturated heterocycles. The van der Waals surface area contributed by atoms with E-state index in [1.165, 1.54) is 0 Å². The Hall–Kier alpha value is -2.21. The average molecular weight is 472 g/mol. The smallest absolute Gasteiger partial charge is 0.306 e. The topological polar surface area (TPSA) is 49.8 Å². The molecule has 2 heterocycles. The van der Waals surface area contributed by atoms with Crippen molar-refractivity contribution in [3.05, 3.63) is 41.5 Å². The van der Waals surface area contributed by atoms with E-state index in [0.717, 1.165) is 49.5 Å². The highest BCUT2D eigenvalue weighted by Gasteiger charge is 2.45. The summed E-state index contributed by atoms with van der Waals surface area (Å²) in [6.07, 6.45) is 4.85. The first-order chi connectivity index (χ1) is 16.3. The lowest BCUT2D eigenvalue weighted by Crippen LogP contribution is -2.45. The van der Waals surface area contributed by atoms with Gasteiger partial charge in [-0.15, -0.1) is 0 Å². The van der Waals surface area contributed by atoms with Gasteiger partial charge in [-0.2, -0.15) is 0 Å². The quantitative estimate of drug-likeness (QED) is 0.487. The van der Waals surface area contributed by atoms with Crippen LogP contribution in [0.1, 0.15) is 88.8 Å². The molecule has 3 fully saturated rings. The number of carbonyl (C=O) groups is 1. The van der Waals surface area contributed by atoms with Gasteiger partial charge in [0.15, 0.2) is 0 Å². The first-order valence-corrected chi connectivity index (χ1v) is 12.8. The van der Waals surface area contributed by atoms with E-state index in [1.807, 2.05) is 24.3 Å². The summed E-state index contributed by atoms with van der Waals surface area (Å²) in [5.74, 6) is 0.0559. The molecule has 1 aliphatic carbocycles. The normalized spacial score (nSPS) is 30.6. The lowest BCUT2D eigenvalue weighted by molar-refractivity contribution is -0.144. The van der Waals surface area contributed by atoms with Gasteiger partial charge in [0.25, 0.3) is 6.43 Å². The predicted molar refractivity (Wildman–Crippen MR) is 128 cm³/mol. The Morgan fingerprint density at radius 3 is 2.32 bits per heavy atom. The number of piperidine rings is 1. The molecule has 2 aliphatic heterocycles. The molecule has 3 aliphatic rings. The zero-order chi connectivity index (χ0) is 24.0. The van der Waals surface area contributed by atoms with Crippen molar-refractivity contribution in [2.24, 2.45) is 11.8 Å². The molecule has 3 unspecified atom stereocenters. The minimum Gasteiger partial charge on any atom is -0.490 e. The fourth-order valence-corrected chi connectivity index (χ4v) is 6.69. The van der Waals surface area contributed by atoms with Gasteiger partial charge in [0.05, 0.1) is 17.6 Å². The molecule has 0 amide bonds. The number of carboxylic acid groups (broad SMARTS) is 1. The van der Waals surface area contributed by atoms with Crippen molar-refractivity contribution < 1.29 is 23.4 Å². The second-order valence-corrected chi connectivity index (χ2v) is 10.8. The van der Waals surface area contributed by atoms with Gasteiger partial charge in [-0.3, -0.25) is 9.69 Å². The largest absolute Gasteiger partial charge is 0.490 e. The van der Waals surface area contributed by atoms with E-state index in [4.69, 9.17) is 4.74 Å². The summed E-state index contributed by atoms with van der Waals surface area (Å²) < 4.78 is 34.5. The van der Waals surface area contributed by atoms with Crippen molar-refractivity contribution in [1.82, 2.24) is 4.90 Å². The van der Waals surface area contributed by atoms with Gasteiger partial charge in [0.2, 0.25) is 0 Å². The standard InChI is InChI=1S/C28H35F2NO3/c1-16-3-9-23(10-4-16)34-25-12-6-19-13-18(5-11-24(19)26(25)27(29)30)17(2)31-21-7-8-22(31)15-20(14-21)28(32)33/h5-6,11-13,16-17,20-23,27H,3-4,7-10,14-15H2,1-2H3,(H,32,33)/t16-,17?,20?,21?,22?,23+. The Bertz CT molecular complexity index is 1040. The van der Waals surface area contributed by atoms with Crippen LogP contribution >= 0.6 is 0 Å². The van der Waals surface area contributed by atoms with Crippen molar-refractivity contribution in [3.63, 3.8) is 0 Å². The number of hydrogen-bond acceptors (Lipinski definition) is 3. The molecule has 4 nitrogen and oxygen atoms in total. The van der Waals surface area contributed by atoms with Gasteiger partial charge in [-0.1, -0.05) is 25.1 Å². The summed E-state index contributed by atoms with van der Waals surface area (Å²) >= 11 is 0. The van der Waals surface area contributed by atoms with Crippen LogP contribution in [0.4, 0.5) is 8.78 Å². The summed E-state index contributed by atoms with van der Waals surface area (Å²) in [6, 6.07) is 10.1. The molecule has 1 N–H and O–H groups in total. The number of rotatable bonds is 6. The number of carboxylic acids is 1. The fourth-order valence-electron chi connectivity index (χ4n) is 6.69. The molecule has 34 heavy (non-hydrogen) atoms. The summed E-state index contributed by atoms with van der Waals surface area (Å²) in [4.78, 5) is 14.0. The van der Waals surface area contributed by atoms with Crippen LogP contribution < -0.4 is 4.74 Å². The molecule has 6 heteroatoms. The lowest BCUT2D eigenvalue weighted by atomic mass is 9.88. The summed E-state index contributed by atoms with van der Waals surface area (Å²) in [6.45, 7) is 4.39. The van der Waals surface area contributed by atoms with E-state index >= 15 is 0 Å². The molecule has 2 aromatic carbocycles. The van der Waals surface area contributed by atoms with E-state index in [1.54, 1.807) is 6.07 Å². The van der Waals surface area contributed by atoms with Crippen LogP contribution in [0, 0.1) is 11.8 Å². The number of ether oxygens (including phenoxy) is 1. The van der Waals surface area contributed by atoms with Crippen LogP contribution in [-0.2, 0) is 4.79 Å². The van der Waals surface area contributed by atoms with E-state index in [9.17, 15) is 18.7 Å². The van der Waals surface area contributed by atoms with Crippen molar-refractivity contribution in [2.45, 2.75) is 95.9 Å². The minimum absolute atomic E-state index is 0.00216. The Morgan fingerprint density at radius 1 is 1.03 bits per heavy atom. The molecular weight excluding hydrogens is 436 g/mol. The van der Waals surface area contributed by atoms with Crippen molar-refractivity contribution >= 4 is 16.7 Å². The average Bonchev–Trinajstić information content (AvgIpc) is 3.07. The third-order valence-corrected chi connectivity index (χ3v) is 8.59. The number of halogens is 2. The van der Waals surface area contributed by atoms with Crippen LogP contribution in [0.25, 0.3) is 10.8 Å². The number of fused-ring (bicyclic) bond motifs is 3. The number of alkyl halides is 2. The minimum atomic E-state index is -2.60. The van der Waals surface area contributed by atoms with Crippen LogP contribution in [0.2, 0.25) is 0 Å². The molecule has 3 atom stereocenters. The summed E-state index contributed by atoms with van der Waals surface area (Å²) in [5.41, 5.74) is 1.09. The second kappa shape index (κ2) is 9.44. The van der Waals surface area contributed by atoms with Crippen molar-refractivity contribution in [1.29, 1.82) is 0 Å². The third kappa shape index (κ3) is 4.41. The van der Waals surface area contributed by atoms with Crippen molar-refractivity contribution in [3.8, 4) is 5.75 Å². The first-order valence-electron chi connectivity index (χ1n) is 12.8. The van der Waals surface area contributed by atoms with Gasteiger partial charge in [-0.25, -0.2) is 8.78 Å². The number of nitrogens with zero attached hydrogens (tertiary/aromatic N) is 1. The Balaban J connectivity index is 1.40. The molecule has 2 bridgehead atoms. The predicted octanol–water partition coefficient (Wildman–Crippen LogP) is 7.12. The van der Waals surface area contributed by atoms with Crippen LogP contribution in [0.3, 0.4) is 0 Å². The first kappa shape index (κ1) is 23.5. The zero-order valence-corrected chi connectivity index (χ0v) is 20.1. The second-order valence-electron chi connectivity index (χ2n) is 10.8. The Morgan fingerprint density at radius 2 is 1.71 bits per heavy atom.